The van der Waals surface area contributed by atoms with Crippen LogP contribution in [0.15, 0.2) is 12.7 Å². The number of morpholine rings is 1. The van der Waals surface area contributed by atoms with E-state index in [1.807, 2.05) is 4.68 Å². The second-order valence-corrected chi connectivity index (χ2v) is 5.55. The molecule has 3 rings (SSSR count). The van der Waals surface area contributed by atoms with E-state index in [-0.39, 0.29) is 12.0 Å². The average molecular weight is 291 g/mol. The van der Waals surface area contributed by atoms with Gasteiger partial charge in [0.05, 0.1) is 25.9 Å². The highest BCUT2D eigenvalue weighted by molar-refractivity contribution is 5.94. The molecule has 0 aromatic carbocycles. The van der Waals surface area contributed by atoms with Gasteiger partial charge in [-0.05, 0) is 12.8 Å². The zero-order valence-corrected chi connectivity index (χ0v) is 12.1. The number of carbonyl (C=O) groups is 1. The molecule has 0 bridgehead atoms. The zero-order chi connectivity index (χ0) is 14.8. The summed E-state index contributed by atoms with van der Waals surface area (Å²) in [5, 5.41) is 14.4. The van der Waals surface area contributed by atoms with Crippen molar-refractivity contribution in [1.82, 2.24) is 14.7 Å². The third-order valence-corrected chi connectivity index (χ3v) is 4.12. The number of carbonyl (C=O) groups excluding carboxylic acids is 1. The van der Waals surface area contributed by atoms with Crippen LogP contribution in [0.25, 0.3) is 0 Å². The van der Waals surface area contributed by atoms with E-state index in [1.165, 1.54) is 0 Å². The fraction of sp³-hybridized carbons (Fsp3) is 0.600. The molecule has 1 aromatic rings. The molecule has 1 fully saturated rings. The van der Waals surface area contributed by atoms with Gasteiger partial charge in [0, 0.05) is 30.8 Å². The molecule has 2 aliphatic rings. The van der Waals surface area contributed by atoms with Crippen LogP contribution in [0.3, 0.4) is 0 Å². The smallest absolute Gasteiger partial charge is 0.274 e. The van der Waals surface area contributed by atoms with E-state index in [0.717, 1.165) is 24.1 Å². The number of rotatable bonds is 3. The quantitative estimate of drug-likeness (QED) is 0.818. The lowest BCUT2D eigenvalue weighted by molar-refractivity contribution is 0.0297. The zero-order valence-electron chi connectivity index (χ0n) is 12.1. The molecule has 1 N–H and O–H groups in total. The molecule has 0 spiro atoms. The van der Waals surface area contributed by atoms with E-state index in [0.29, 0.717) is 45.0 Å². The van der Waals surface area contributed by atoms with E-state index in [9.17, 15) is 9.90 Å². The molecule has 1 amide bonds. The van der Waals surface area contributed by atoms with Crippen molar-refractivity contribution in [3.05, 3.63) is 29.6 Å². The summed E-state index contributed by atoms with van der Waals surface area (Å²) in [6.07, 6.45) is 3.39. The van der Waals surface area contributed by atoms with Gasteiger partial charge in [0.15, 0.2) is 5.69 Å². The van der Waals surface area contributed by atoms with Crippen LogP contribution in [0.5, 0.6) is 0 Å². The Hall–Kier alpha value is -1.66. The predicted molar refractivity (Wildman–Crippen MR) is 77.2 cm³/mol. The first-order valence-electron chi connectivity index (χ1n) is 7.45. The minimum Gasteiger partial charge on any atom is -0.393 e. The Labute approximate surface area is 124 Å². The number of aromatic nitrogens is 2. The van der Waals surface area contributed by atoms with Gasteiger partial charge in [-0.2, -0.15) is 5.10 Å². The Morgan fingerprint density at radius 2 is 2.24 bits per heavy atom. The van der Waals surface area contributed by atoms with Crippen LogP contribution in [0.1, 0.15) is 28.2 Å². The summed E-state index contributed by atoms with van der Waals surface area (Å²) in [5.41, 5.74) is 2.47. The summed E-state index contributed by atoms with van der Waals surface area (Å²) in [7, 11) is 0. The fourth-order valence-corrected chi connectivity index (χ4v) is 3.03. The summed E-state index contributed by atoms with van der Waals surface area (Å²) in [6, 6.07) is 0. The minimum absolute atomic E-state index is 0.0496. The predicted octanol–water partition coefficient (Wildman–Crippen LogP) is 0.391. The number of nitrogens with zero attached hydrogens (tertiary/aromatic N) is 3. The van der Waals surface area contributed by atoms with E-state index in [1.54, 1.807) is 11.0 Å². The van der Waals surface area contributed by atoms with E-state index < -0.39 is 0 Å². The lowest BCUT2D eigenvalue weighted by Gasteiger charge is -2.27. The Morgan fingerprint density at radius 3 is 2.95 bits per heavy atom. The van der Waals surface area contributed by atoms with Crippen LogP contribution in [-0.2, 0) is 24.1 Å². The molecule has 1 saturated heterocycles. The molecule has 114 valence electrons. The number of ether oxygens (including phenoxy) is 1. The highest BCUT2D eigenvalue weighted by Crippen LogP contribution is 2.26. The normalized spacial score (nSPS) is 22.0. The van der Waals surface area contributed by atoms with Gasteiger partial charge in [0.2, 0.25) is 0 Å². The lowest BCUT2D eigenvalue weighted by Crippen LogP contribution is -2.41. The molecule has 6 nitrogen and oxygen atoms in total. The van der Waals surface area contributed by atoms with Crippen molar-refractivity contribution >= 4 is 5.91 Å². The molecular weight excluding hydrogens is 270 g/mol. The minimum atomic E-state index is -0.380. The maximum atomic E-state index is 12.7. The van der Waals surface area contributed by atoms with Crippen molar-refractivity contribution in [1.29, 1.82) is 0 Å². The van der Waals surface area contributed by atoms with Crippen molar-refractivity contribution < 1.29 is 14.6 Å². The van der Waals surface area contributed by atoms with E-state index in [4.69, 9.17) is 4.74 Å². The standard InChI is InChI=1S/C15H21N3O3/c1-2-5-18-13-4-3-11(19)10-12(13)14(16-18)15(20)17-6-8-21-9-7-17/h2,11,19H,1,3-10H2. The summed E-state index contributed by atoms with van der Waals surface area (Å²) >= 11 is 0. The van der Waals surface area contributed by atoms with Crippen molar-refractivity contribution in [2.24, 2.45) is 0 Å². The molecule has 1 unspecified atom stereocenters. The molecule has 0 saturated carbocycles. The SMILES string of the molecule is C=CCn1nc(C(=O)N2CCOCC2)c2c1CCC(O)C2. The number of aliphatic hydroxyl groups is 1. The van der Waals surface area contributed by atoms with Gasteiger partial charge in [-0.1, -0.05) is 6.08 Å². The van der Waals surface area contributed by atoms with Gasteiger partial charge in [-0.25, -0.2) is 0 Å². The van der Waals surface area contributed by atoms with Crippen LogP contribution < -0.4 is 0 Å². The first-order valence-corrected chi connectivity index (χ1v) is 7.45. The number of fused-ring (bicyclic) bond motifs is 1. The Balaban J connectivity index is 1.93. The maximum absolute atomic E-state index is 12.7. The molecule has 1 aliphatic heterocycles. The second kappa shape index (κ2) is 5.99. The average Bonchev–Trinajstić information content (AvgIpc) is 2.86. The summed E-state index contributed by atoms with van der Waals surface area (Å²) in [4.78, 5) is 14.5. The van der Waals surface area contributed by atoms with Crippen LogP contribution in [0, 0.1) is 0 Å². The number of allylic oxidation sites excluding steroid dienone is 1. The largest absolute Gasteiger partial charge is 0.393 e. The first-order chi connectivity index (χ1) is 10.2. The molecule has 1 atom stereocenters. The van der Waals surface area contributed by atoms with Gasteiger partial charge in [-0.15, -0.1) is 6.58 Å². The summed E-state index contributed by atoms with van der Waals surface area (Å²) in [6.45, 7) is 6.68. The molecule has 1 aliphatic carbocycles. The van der Waals surface area contributed by atoms with Crippen LogP contribution in [0.2, 0.25) is 0 Å². The van der Waals surface area contributed by atoms with Gasteiger partial charge < -0.3 is 14.7 Å². The first kappa shape index (κ1) is 14.3. The number of aliphatic hydroxyl groups excluding tert-OH is 1. The third-order valence-electron chi connectivity index (χ3n) is 4.12. The Morgan fingerprint density at radius 1 is 1.48 bits per heavy atom. The van der Waals surface area contributed by atoms with E-state index in [2.05, 4.69) is 11.7 Å². The lowest BCUT2D eigenvalue weighted by atomic mass is 9.93. The van der Waals surface area contributed by atoms with E-state index >= 15 is 0 Å². The topological polar surface area (TPSA) is 67.6 Å². The molecule has 21 heavy (non-hydrogen) atoms. The second-order valence-electron chi connectivity index (χ2n) is 5.55. The Kier molecular flexibility index (Phi) is 4.07. The van der Waals surface area contributed by atoms with Crippen molar-refractivity contribution in [3.63, 3.8) is 0 Å². The highest BCUT2D eigenvalue weighted by atomic mass is 16.5. The third kappa shape index (κ3) is 2.73. The highest BCUT2D eigenvalue weighted by Gasteiger charge is 2.30. The maximum Gasteiger partial charge on any atom is 0.274 e. The summed E-state index contributed by atoms with van der Waals surface area (Å²) in [5.74, 6) is -0.0496. The molecule has 6 heteroatoms. The monoisotopic (exact) mass is 291 g/mol. The fourth-order valence-electron chi connectivity index (χ4n) is 3.03. The summed E-state index contributed by atoms with van der Waals surface area (Å²) < 4.78 is 7.14. The molecular formula is C15H21N3O3. The van der Waals surface area contributed by atoms with Gasteiger partial charge in [-0.3, -0.25) is 9.48 Å². The molecule has 1 aromatic heterocycles. The molecule has 0 radical (unpaired) electrons. The Bertz CT molecular complexity index is 547. The molecule has 2 heterocycles. The van der Waals surface area contributed by atoms with Gasteiger partial charge >= 0.3 is 0 Å². The van der Waals surface area contributed by atoms with Crippen LogP contribution in [-0.4, -0.2) is 58.1 Å². The van der Waals surface area contributed by atoms with Crippen LogP contribution >= 0.6 is 0 Å². The van der Waals surface area contributed by atoms with Crippen LogP contribution in [0.4, 0.5) is 0 Å². The number of amides is 1. The van der Waals surface area contributed by atoms with Crippen molar-refractivity contribution in [2.45, 2.75) is 31.9 Å². The van der Waals surface area contributed by atoms with Gasteiger partial charge in [0.25, 0.3) is 5.91 Å². The van der Waals surface area contributed by atoms with Crippen molar-refractivity contribution in [2.75, 3.05) is 26.3 Å². The van der Waals surface area contributed by atoms with Crippen molar-refractivity contribution in [3.8, 4) is 0 Å². The number of hydrogen-bond acceptors (Lipinski definition) is 4. The van der Waals surface area contributed by atoms with Gasteiger partial charge in [0.1, 0.15) is 0 Å². The number of hydrogen-bond donors (Lipinski definition) is 1.